The van der Waals surface area contributed by atoms with Gasteiger partial charge < -0.3 is 10.4 Å². The average molecular weight is 257 g/mol. The third-order valence-electron chi connectivity index (χ3n) is 2.87. The molecule has 0 heterocycles. The maximum absolute atomic E-state index is 13.2. The Balaban J connectivity index is 2.94. The lowest BCUT2D eigenvalue weighted by Crippen LogP contribution is -2.43. The Labute approximate surface area is 107 Å². The summed E-state index contributed by atoms with van der Waals surface area (Å²) in [5.74, 6) is -1.65. The number of halogens is 2. The van der Waals surface area contributed by atoms with Gasteiger partial charge in [0, 0.05) is 12.1 Å². The minimum atomic E-state index is -0.932. The molecule has 0 aliphatic carbocycles. The maximum atomic E-state index is 13.2. The standard InChI is InChI=1S/C14H21F2NO/c1-8(2)13(17-9(3)4)14(18)10-5-6-11(15)12(16)7-10/h5-9,13-14,17-18H,1-4H3. The highest BCUT2D eigenvalue weighted by molar-refractivity contribution is 5.21. The minimum Gasteiger partial charge on any atom is -0.387 e. The molecule has 0 aromatic heterocycles. The molecule has 0 saturated carbocycles. The van der Waals surface area contributed by atoms with Crippen molar-refractivity contribution in [3.05, 3.63) is 35.4 Å². The summed E-state index contributed by atoms with van der Waals surface area (Å²) in [5.41, 5.74) is 0.390. The molecular formula is C14H21F2NO. The van der Waals surface area contributed by atoms with Crippen molar-refractivity contribution in [2.45, 2.75) is 45.9 Å². The van der Waals surface area contributed by atoms with Gasteiger partial charge in [-0.3, -0.25) is 0 Å². The van der Waals surface area contributed by atoms with Crippen molar-refractivity contribution < 1.29 is 13.9 Å². The average Bonchev–Trinajstić information content (AvgIpc) is 2.28. The number of benzene rings is 1. The molecule has 2 nitrogen and oxygen atoms in total. The van der Waals surface area contributed by atoms with E-state index in [1.165, 1.54) is 6.07 Å². The number of hydrogen-bond acceptors (Lipinski definition) is 2. The summed E-state index contributed by atoms with van der Waals surface area (Å²) in [6, 6.07) is 3.52. The van der Waals surface area contributed by atoms with Gasteiger partial charge in [-0.1, -0.05) is 33.8 Å². The van der Waals surface area contributed by atoms with Crippen LogP contribution in [0.25, 0.3) is 0 Å². The van der Waals surface area contributed by atoms with Crippen molar-refractivity contribution >= 4 is 0 Å². The molecule has 0 radical (unpaired) electrons. The highest BCUT2D eigenvalue weighted by Gasteiger charge is 2.25. The summed E-state index contributed by atoms with van der Waals surface area (Å²) >= 11 is 0. The molecule has 1 rings (SSSR count). The van der Waals surface area contributed by atoms with Gasteiger partial charge >= 0.3 is 0 Å². The molecular weight excluding hydrogens is 236 g/mol. The Bertz CT molecular complexity index is 393. The van der Waals surface area contributed by atoms with Crippen LogP contribution in [0.3, 0.4) is 0 Å². The van der Waals surface area contributed by atoms with Crippen molar-refractivity contribution in [1.29, 1.82) is 0 Å². The predicted molar refractivity (Wildman–Crippen MR) is 68.2 cm³/mol. The predicted octanol–water partition coefficient (Wildman–Crippen LogP) is 3.02. The zero-order chi connectivity index (χ0) is 13.9. The highest BCUT2D eigenvalue weighted by Crippen LogP contribution is 2.23. The van der Waals surface area contributed by atoms with Gasteiger partial charge in [0.25, 0.3) is 0 Å². The normalized spacial score (nSPS) is 15.2. The number of rotatable bonds is 5. The second kappa shape index (κ2) is 6.25. The van der Waals surface area contributed by atoms with Crippen molar-refractivity contribution in [3.63, 3.8) is 0 Å². The quantitative estimate of drug-likeness (QED) is 0.850. The van der Waals surface area contributed by atoms with Gasteiger partial charge in [-0.2, -0.15) is 0 Å². The molecule has 0 saturated heterocycles. The zero-order valence-corrected chi connectivity index (χ0v) is 11.2. The van der Waals surface area contributed by atoms with Crippen LogP contribution in [0.2, 0.25) is 0 Å². The molecule has 0 spiro atoms. The van der Waals surface area contributed by atoms with Gasteiger partial charge in [0.15, 0.2) is 11.6 Å². The lowest BCUT2D eigenvalue weighted by Gasteiger charge is -2.29. The lowest BCUT2D eigenvalue weighted by molar-refractivity contribution is 0.0998. The first-order valence-corrected chi connectivity index (χ1v) is 6.22. The van der Waals surface area contributed by atoms with Gasteiger partial charge in [0.05, 0.1) is 6.10 Å². The van der Waals surface area contributed by atoms with Crippen molar-refractivity contribution in [2.75, 3.05) is 0 Å². The summed E-state index contributed by atoms with van der Waals surface area (Å²) in [4.78, 5) is 0. The molecule has 2 N–H and O–H groups in total. The van der Waals surface area contributed by atoms with E-state index in [0.29, 0.717) is 5.56 Å². The second-order valence-electron chi connectivity index (χ2n) is 5.21. The van der Waals surface area contributed by atoms with Crippen LogP contribution in [0.4, 0.5) is 8.78 Å². The van der Waals surface area contributed by atoms with E-state index in [2.05, 4.69) is 5.32 Å². The van der Waals surface area contributed by atoms with Crippen LogP contribution in [-0.2, 0) is 0 Å². The van der Waals surface area contributed by atoms with E-state index in [4.69, 9.17) is 0 Å². The first-order valence-electron chi connectivity index (χ1n) is 6.22. The molecule has 0 aliphatic rings. The fourth-order valence-corrected chi connectivity index (χ4v) is 1.94. The number of hydrogen-bond donors (Lipinski definition) is 2. The van der Waals surface area contributed by atoms with E-state index < -0.39 is 17.7 Å². The Kier molecular flexibility index (Phi) is 5.23. The fourth-order valence-electron chi connectivity index (χ4n) is 1.94. The Morgan fingerprint density at radius 3 is 2.11 bits per heavy atom. The van der Waals surface area contributed by atoms with E-state index >= 15 is 0 Å². The molecule has 1 aromatic rings. The SMILES string of the molecule is CC(C)NC(C(C)C)C(O)c1ccc(F)c(F)c1. The molecule has 0 bridgehead atoms. The van der Waals surface area contributed by atoms with Crippen molar-refractivity contribution in [1.82, 2.24) is 5.32 Å². The Morgan fingerprint density at radius 1 is 1.06 bits per heavy atom. The molecule has 0 amide bonds. The molecule has 18 heavy (non-hydrogen) atoms. The number of aliphatic hydroxyl groups is 1. The van der Waals surface area contributed by atoms with Crippen LogP contribution in [0.15, 0.2) is 18.2 Å². The van der Waals surface area contributed by atoms with E-state index in [1.807, 2.05) is 27.7 Å². The van der Waals surface area contributed by atoms with E-state index in [1.54, 1.807) is 0 Å². The Hall–Kier alpha value is -1.00. The molecule has 4 heteroatoms. The third-order valence-corrected chi connectivity index (χ3v) is 2.87. The summed E-state index contributed by atoms with van der Waals surface area (Å²) in [6.45, 7) is 7.91. The fraction of sp³-hybridized carbons (Fsp3) is 0.571. The topological polar surface area (TPSA) is 32.3 Å². The van der Waals surface area contributed by atoms with Crippen LogP contribution in [0, 0.1) is 17.6 Å². The molecule has 2 unspecified atom stereocenters. The van der Waals surface area contributed by atoms with Gasteiger partial charge in [-0.15, -0.1) is 0 Å². The van der Waals surface area contributed by atoms with Crippen molar-refractivity contribution in [3.8, 4) is 0 Å². The molecule has 102 valence electrons. The van der Waals surface area contributed by atoms with E-state index in [-0.39, 0.29) is 18.0 Å². The second-order valence-corrected chi connectivity index (χ2v) is 5.21. The summed E-state index contributed by atoms with van der Waals surface area (Å²) in [5, 5.41) is 13.5. The first-order chi connectivity index (χ1) is 8.32. The van der Waals surface area contributed by atoms with Crippen LogP contribution < -0.4 is 5.32 Å². The summed E-state index contributed by atoms with van der Waals surface area (Å²) in [6.07, 6.45) is -0.859. The van der Waals surface area contributed by atoms with E-state index in [9.17, 15) is 13.9 Å². The first kappa shape index (κ1) is 15.1. The minimum absolute atomic E-state index is 0.176. The van der Waals surface area contributed by atoms with Gasteiger partial charge in [-0.05, 0) is 23.6 Å². The van der Waals surface area contributed by atoms with Crippen LogP contribution >= 0.6 is 0 Å². The lowest BCUT2D eigenvalue weighted by atomic mass is 9.92. The molecule has 2 atom stereocenters. The smallest absolute Gasteiger partial charge is 0.159 e. The van der Waals surface area contributed by atoms with Gasteiger partial charge in [0.2, 0.25) is 0 Å². The third kappa shape index (κ3) is 3.75. The highest BCUT2D eigenvalue weighted by atomic mass is 19.2. The number of aliphatic hydroxyl groups excluding tert-OH is 1. The number of nitrogens with one attached hydrogen (secondary N) is 1. The van der Waals surface area contributed by atoms with Gasteiger partial charge in [-0.25, -0.2) is 8.78 Å². The molecule has 0 aliphatic heterocycles. The van der Waals surface area contributed by atoms with Crippen LogP contribution in [-0.4, -0.2) is 17.2 Å². The molecule has 1 aromatic carbocycles. The maximum Gasteiger partial charge on any atom is 0.159 e. The van der Waals surface area contributed by atoms with Crippen LogP contribution in [0.1, 0.15) is 39.4 Å². The van der Waals surface area contributed by atoms with Crippen LogP contribution in [0.5, 0.6) is 0 Å². The van der Waals surface area contributed by atoms with Crippen molar-refractivity contribution in [2.24, 2.45) is 5.92 Å². The largest absolute Gasteiger partial charge is 0.387 e. The van der Waals surface area contributed by atoms with E-state index in [0.717, 1.165) is 12.1 Å². The zero-order valence-electron chi connectivity index (χ0n) is 11.2. The molecule has 0 fully saturated rings. The monoisotopic (exact) mass is 257 g/mol. The Morgan fingerprint density at radius 2 is 1.67 bits per heavy atom. The summed E-state index contributed by atoms with van der Waals surface area (Å²) < 4.78 is 26.0. The summed E-state index contributed by atoms with van der Waals surface area (Å²) in [7, 11) is 0. The van der Waals surface area contributed by atoms with Gasteiger partial charge in [0.1, 0.15) is 0 Å².